The highest BCUT2D eigenvalue weighted by Crippen LogP contribution is 2.34. The molecular weight excluding hydrogens is 364 g/mol. The van der Waals surface area contributed by atoms with Crippen LogP contribution in [0.4, 0.5) is 0 Å². The maximum atomic E-state index is 12.9. The summed E-state index contributed by atoms with van der Waals surface area (Å²) in [5, 5.41) is 3.60. The number of aromatic nitrogens is 1. The third-order valence-electron chi connectivity index (χ3n) is 5.73. The molecule has 4 heteroatoms. The van der Waals surface area contributed by atoms with Gasteiger partial charge in [-0.1, -0.05) is 54.6 Å². The number of fused-ring (bicyclic) bond motifs is 2. The van der Waals surface area contributed by atoms with Crippen molar-refractivity contribution in [1.29, 1.82) is 0 Å². The smallest absolute Gasteiger partial charge is 0.227 e. The van der Waals surface area contributed by atoms with Crippen LogP contribution in [0.3, 0.4) is 0 Å². The fourth-order valence-electron chi connectivity index (χ4n) is 4.16. The van der Waals surface area contributed by atoms with Gasteiger partial charge in [-0.05, 0) is 41.3 Å². The fourth-order valence-corrected chi connectivity index (χ4v) is 5.30. The number of piperidine rings is 1. The summed E-state index contributed by atoms with van der Waals surface area (Å²) in [6, 6.07) is 22.9. The Kier molecular flexibility index (Phi) is 4.57. The number of hydrogen-bond acceptors (Lipinski definition) is 3. The Morgan fingerprint density at radius 1 is 0.964 bits per heavy atom. The molecule has 3 nitrogen and oxygen atoms in total. The van der Waals surface area contributed by atoms with Crippen molar-refractivity contribution < 1.29 is 4.79 Å². The molecule has 1 aliphatic rings. The minimum Gasteiger partial charge on any atom is -0.342 e. The summed E-state index contributed by atoms with van der Waals surface area (Å²) in [5.41, 5.74) is 2.22. The predicted octanol–water partition coefficient (Wildman–Crippen LogP) is 5.40. The zero-order valence-corrected chi connectivity index (χ0v) is 16.5. The van der Waals surface area contributed by atoms with Crippen LogP contribution in [-0.2, 0) is 11.2 Å². The van der Waals surface area contributed by atoms with Crippen LogP contribution in [0, 0.1) is 0 Å². The number of benzene rings is 3. The Bertz CT molecular complexity index is 1100. The molecule has 0 radical (unpaired) electrons. The van der Waals surface area contributed by atoms with Gasteiger partial charge in [-0.15, -0.1) is 11.3 Å². The first-order chi connectivity index (χ1) is 13.8. The lowest BCUT2D eigenvalue weighted by molar-refractivity contribution is -0.131. The zero-order chi connectivity index (χ0) is 18.9. The summed E-state index contributed by atoms with van der Waals surface area (Å²) < 4.78 is 1.26. The molecule has 5 rings (SSSR count). The maximum Gasteiger partial charge on any atom is 0.227 e. The molecule has 0 bridgehead atoms. The third-order valence-corrected chi connectivity index (χ3v) is 6.93. The van der Waals surface area contributed by atoms with E-state index in [1.165, 1.54) is 20.5 Å². The topological polar surface area (TPSA) is 33.2 Å². The number of rotatable bonds is 3. The predicted molar refractivity (Wildman–Crippen MR) is 116 cm³/mol. The maximum absolute atomic E-state index is 12.9. The van der Waals surface area contributed by atoms with Crippen molar-refractivity contribution >= 4 is 38.2 Å². The van der Waals surface area contributed by atoms with Gasteiger partial charge in [0.1, 0.15) is 0 Å². The third kappa shape index (κ3) is 3.29. The minimum absolute atomic E-state index is 0.235. The normalized spacial score (nSPS) is 15.4. The largest absolute Gasteiger partial charge is 0.342 e. The van der Waals surface area contributed by atoms with E-state index in [0.29, 0.717) is 12.3 Å². The Morgan fingerprint density at radius 2 is 1.71 bits per heavy atom. The van der Waals surface area contributed by atoms with Gasteiger partial charge in [0.15, 0.2) is 0 Å². The first-order valence-electron chi connectivity index (χ1n) is 9.88. The van der Waals surface area contributed by atoms with Crippen molar-refractivity contribution in [2.75, 3.05) is 13.1 Å². The number of carbonyl (C=O) groups is 1. The van der Waals surface area contributed by atoms with Crippen LogP contribution in [0.1, 0.15) is 29.3 Å². The summed E-state index contributed by atoms with van der Waals surface area (Å²) in [6.45, 7) is 1.65. The first-order valence-corrected chi connectivity index (χ1v) is 10.7. The molecule has 0 unspecified atom stereocenters. The number of carbonyl (C=O) groups excluding carboxylic acids is 1. The van der Waals surface area contributed by atoms with Crippen LogP contribution in [0.5, 0.6) is 0 Å². The van der Waals surface area contributed by atoms with Crippen molar-refractivity contribution in [3.63, 3.8) is 0 Å². The number of hydrogen-bond donors (Lipinski definition) is 0. The van der Waals surface area contributed by atoms with Crippen molar-refractivity contribution in [2.45, 2.75) is 25.2 Å². The van der Waals surface area contributed by atoms with E-state index in [1.807, 2.05) is 29.2 Å². The average Bonchev–Trinajstić information content (AvgIpc) is 3.18. The van der Waals surface area contributed by atoms with Gasteiger partial charge in [-0.25, -0.2) is 4.98 Å². The number of nitrogens with zero attached hydrogens (tertiary/aromatic N) is 2. The second-order valence-corrected chi connectivity index (χ2v) is 8.55. The van der Waals surface area contributed by atoms with E-state index in [4.69, 9.17) is 4.98 Å². The van der Waals surface area contributed by atoms with Crippen LogP contribution in [0.15, 0.2) is 66.7 Å². The molecular formula is C24H22N2OS. The Balaban J connectivity index is 1.26. The van der Waals surface area contributed by atoms with E-state index in [9.17, 15) is 4.79 Å². The minimum atomic E-state index is 0.235. The second kappa shape index (κ2) is 7.36. The molecule has 1 aromatic heterocycles. The second-order valence-electron chi connectivity index (χ2n) is 7.49. The summed E-state index contributed by atoms with van der Waals surface area (Å²) in [6.07, 6.45) is 2.48. The molecule has 0 spiro atoms. The van der Waals surface area contributed by atoms with E-state index in [2.05, 4.69) is 42.5 Å². The van der Waals surface area contributed by atoms with E-state index in [1.54, 1.807) is 11.3 Å². The highest BCUT2D eigenvalue weighted by Gasteiger charge is 2.26. The van der Waals surface area contributed by atoms with Gasteiger partial charge >= 0.3 is 0 Å². The zero-order valence-electron chi connectivity index (χ0n) is 15.7. The van der Waals surface area contributed by atoms with Gasteiger partial charge in [0.2, 0.25) is 5.91 Å². The van der Waals surface area contributed by atoms with Gasteiger partial charge in [0, 0.05) is 19.0 Å². The molecule has 1 saturated heterocycles. The number of thiazole rings is 1. The molecule has 1 aliphatic heterocycles. The van der Waals surface area contributed by atoms with Crippen molar-refractivity contribution in [1.82, 2.24) is 9.88 Å². The molecule has 2 heterocycles. The Hall–Kier alpha value is -2.72. The van der Waals surface area contributed by atoms with Crippen molar-refractivity contribution in [3.05, 3.63) is 77.3 Å². The molecule has 0 aliphatic carbocycles. The Labute approximate surface area is 168 Å². The van der Waals surface area contributed by atoms with Crippen LogP contribution >= 0.6 is 11.3 Å². The quantitative estimate of drug-likeness (QED) is 0.472. The highest BCUT2D eigenvalue weighted by molar-refractivity contribution is 7.18. The van der Waals surface area contributed by atoms with Gasteiger partial charge in [-0.3, -0.25) is 4.79 Å². The lowest BCUT2D eigenvalue weighted by atomic mass is 9.96. The number of likely N-dealkylation sites (tertiary alicyclic amines) is 1. The molecule has 0 N–H and O–H groups in total. The van der Waals surface area contributed by atoms with Crippen molar-refractivity contribution in [2.24, 2.45) is 0 Å². The molecule has 28 heavy (non-hydrogen) atoms. The van der Waals surface area contributed by atoms with Gasteiger partial charge in [0.25, 0.3) is 0 Å². The number of para-hydroxylation sites is 1. The van der Waals surface area contributed by atoms with Crippen LogP contribution in [-0.4, -0.2) is 28.9 Å². The van der Waals surface area contributed by atoms with Crippen LogP contribution < -0.4 is 0 Å². The highest BCUT2D eigenvalue weighted by atomic mass is 32.1. The molecule has 1 fully saturated rings. The SMILES string of the molecule is O=C(Cc1cccc2ccccc12)N1CCC(c2nc3ccccc3s2)CC1. The monoisotopic (exact) mass is 386 g/mol. The molecule has 4 aromatic rings. The van der Waals surface area contributed by atoms with Gasteiger partial charge < -0.3 is 4.90 Å². The van der Waals surface area contributed by atoms with Crippen LogP contribution in [0.2, 0.25) is 0 Å². The molecule has 1 amide bonds. The molecule has 0 atom stereocenters. The molecule has 3 aromatic carbocycles. The summed E-state index contributed by atoms with van der Waals surface area (Å²) >= 11 is 1.80. The average molecular weight is 387 g/mol. The summed E-state index contributed by atoms with van der Waals surface area (Å²) in [4.78, 5) is 19.8. The van der Waals surface area contributed by atoms with E-state index in [0.717, 1.165) is 37.0 Å². The fraction of sp³-hybridized carbons (Fsp3) is 0.250. The molecule has 140 valence electrons. The molecule has 0 saturated carbocycles. The van der Waals surface area contributed by atoms with Gasteiger partial charge in [0.05, 0.1) is 21.6 Å². The van der Waals surface area contributed by atoms with E-state index in [-0.39, 0.29) is 5.91 Å². The van der Waals surface area contributed by atoms with Gasteiger partial charge in [-0.2, -0.15) is 0 Å². The lowest BCUT2D eigenvalue weighted by Gasteiger charge is -2.31. The lowest BCUT2D eigenvalue weighted by Crippen LogP contribution is -2.38. The standard InChI is InChI=1S/C24H22N2OS/c27-23(16-19-8-5-7-17-6-1-2-9-20(17)19)26-14-12-18(13-15-26)24-25-21-10-3-4-11-22(21)28-24/h1-11,18H,12-16H2. The summed E-state index contributed by atoms with van der Waals surface area (Å²) in [7, 11) is 0. The first kappa shape index (κ1) is 17.4. The summed E-state index contributed by atoms with van der Waals surface area (Å²) in [5.74, 6) is 0.707. The van der Waals surface area contributed by atoms with Crippen molar-refractivity contribution in [3.8, 4) is 0 Å². The van der Waals surface area contributed by atoms with Crippen LogP contribution in [0.25, 0.3) is 21.0 Å². The number of amides is 1. The van der Waals surface area contributed by atoms with E-state index < -0.39 is 0 Å². The Morgan fingerprint density at radius 3 is 2.57 bits per heavy atom. The van der Waals surface area contributed by atoms with E-state index >= 15 is 0 Å².